The number of H-pyrrole nitrogens is 1. The lowest BCUT2D eigenvalue weighted by atomic mass is 10.2. The zero-order chi connectivity index (χ0) is 17.7. The van der Waals surface area contributed by atoms with E-state index in [4.69, 9.17) is 0 Å². The Morgan fingerprint density at radius 3 is 2.88 bits per heavy atom. The summed E-state index contributed by atoms with van der Waals surface area (Å²) in [6, 6.07) is 0. The monoisotopic (exact) mass is 361 g/mol. The van der Waals surface area contributed by atoms with Gasteiger partial charge in [0.25, 0.3) is 0 Å². The highest BCUT2D eigenvalue weighted by Crippen LogP contribution is 2.19. The average molecular weight is 361 g/mol. The van der Waals surface area contributed by atoms with E-state index in [0.29, 0.717) is 23.6 Å². The number of nitrogens with one attached hydrogen (secondary N) is 1. The molecule has 0 spiro atoms. The van der Waals surface area contributed by atoms with E-state index in [-0.39, 0.29) is 4.91 Å². The molecule has 0 radical (unpaired) electrons. The molecule has 0 fully saturated rings. The third-order valence-electron chi connectivity index (χ3n) is 3.28. The number of sulfone groups is 1. The summed E-state index contributed by atoms with van der Waals surface area (Å²) in [6.45, 7) is 7.90. The van der Waals surface area contributed by atoms with Crippen LogP contribution < -0.4 is 10.7 Å². The number of rotatable bonds is 5. The number of nitrogens with zero attached hydrogens (tertiary/aromatic N) is 2. The minimum absolute atomic E-state index is 0.152. The molecule has 0 atom stereocenters. The molecule has 0 aromatic carbocycles. The van der Waals surface area contributed by atoms with Gasteiger partial charge in [-0.1, -0.05) is 42.3 Å². The maximum atomic E-state index is 11.9. The van der Waals surface area contributed by atoms with Gasteiger partial charge in [0, 0.05) is 12.0 Å². The Kier molecular flexibility index (Phi) is 5.86. The minimum Gasteiger partial charge on any atom is -0.333 e. The van der Waals surface area contributed by atoms with E-state index >= 15 is 0 Å². The molecule has 7 heteroatoms. The van der Waals surface area contributed by atoms with E-state index in [1.165, 1.54) is 18.0 Å². The van der Waals surface area contributed by atoms with Gasteiger partial charge in [0.15, 0.2) is 15.0 Å². The summed E-state index contributed by atoms with van der Waals surface area (Å²) < 4.78 is 23.7. The lowest BCUT2D eigenvalue weighted by molar-refractivity contribution is 0.608. The van der Waals surface area contributed by atoms with Crippen molar-refractivity contribution in [2.45, 2.75) is 19.0 Å². The molecular formula is C17H19N3O2S2. The smallest absolute Gasteiger partial charge is 0.183 e. The van der Waals surface area contributed by atoms with E-state index in [2.05, 4.69) is 33.4 Å². The molecule has 1 aliphatic heterocycles. The van der Waals surface area contributed by atoms with Crippen molar-refractivity contribution in [1.82, 2.24) is 9.97 Å². The van der Waals surface area contributed by atoms with Crippen LogP contribution >= 0.6 is 11.8 Å². The summed E-state index contributed by atoms with van der Waals surface area (Å²) >= 11 is 1.45. The van der Waals surface area contributed by atoms with Gasteiger partial charge in [-0.05, 0) is 25.5 Å². The Labute approximate surface area is 146 Å². The van der Waals surface area contributed by atoms with Gasteiger partial charge < -0.3 is 4.98 Å². The maximum absolute atomic E-state index is 11.9. The van der Waals surface area contributed by atoms with Crippen molar-refractivity contribution in [3.05, 3.63) is 33.3 Å². The summed E-state index contributed by atoms with van der Waals surface area (Å²) in [7, 11) is -3.36. The van der Waals surface area contributed by atoms with Crippen LogP contribution in [0.3, 0.4) is 0 Å². The molecule has 0 amide bonds. The van der Waals surface area contributed by atoms with Gasteiger partial charge in [0.1, 0.15) is 11.4 Å². The molecule has 0 saturated carbocycles. The SMILES string of the molecule is C=c1[nH]c(SCC2=NCC#CC(S(C)(=O)=O)=C2C)n/c1=C/C=C\C. The van der Waals surface area contributed by atoms with Crippen LogP contribution in [0.4, 0.5) is 0 Å². The first kappa shape index (κ1) is 18.3. The van der Waals surface area contributed by atoms with E-state index in [1.54, 1.807) is 6.92 Å². The van der Waals surface area contributed by atoms with Gasteiger partial charge >= 0.3 is 0 Å². The van der Waals surface area contributed by atoms with Crippen LogP contribution in [-0.2, 0) is 9.84 Å². The van der Waals surface area contributed by atoms with Crippen LogP contribution in [0.1, 0.15) is 13.8 Å². The van der Waals surface area contributed by atoms with Crippen LogP contribution in [0.25, 0.3) is 12.7 Å². The number of hydrogen-bond acceptors (Lipinski definition) is 5. The zero-order valence-electron chi connectivity index (χ0n) is 13.9. The lowest BCUT2D eigenvalue weighted by Gasteiger charge is -2.07. The van der Waals surface area contributed by atoms with Crippen LogP contribution in [0.2, 0.25) is 0 Å². The standard InChI is InChI=1S/C17H19N3O2S2/c1-5-6-8-14-13(3)19-17(20-14)23-11-15-12(2)16(24(4,21)22)9-7-10-18-15/h5-6,8H,3,10-11H2,1-2,4H3,(H,19,20)/b6-5-,14-8+. The third kappa shape index (κ3) is 4.49. The molecule has 0 aliphatic carbocycles. The van der Waals surface area contributed by atoms with Crippen molar-refractivity contribution in [3.63, 3.8) is 0 Å². The first-order valence-corrected chi connectivity index (χ1v) is 10.1. The molecule has 1 aromatic heterocycles. The number of allylic oxidation sites excluding steroid dienone is 4. The number of imidazole rings is 1. The largest absolute Gasteiger partial charge is 0.333 e. The van der Waals surface area contributed by atoms with E-state index in [1.807, 2.05) is 25.2 Å². The molecule has 24 heavy (non-hydrogen) atoms. The summed E-state index contributed by atoms with van der Waals surface area (Å²) in [5, 5.41) is 2.24. The van der Waals surface area contributed by atoms with E-state index in [9.17, 15) is 8.42 Å². The Balaban J connectivity index is 2.24. The van der Waals surface area contributed by atoms with Crippen LogP contribution in [0.15, 0.2) is 32.8 Å². The van der Waals surface area contributed by atoms with Crippen LogP contribution in [-0.4, -0.2) is 42.7 Å². The highest BCUT2D eigenvalue weighted by molar-refractivity contribution is 7.99. The van der Waals surface area contributed by atoms with Gasteiger partial charge in [0.05, 0.1) is 16.4 Å². The van der Waals surface area contributed by atoms with Crippen LogP contribution in [0.5, 0.6) is 0 Å². The van der Waals surface area contributed by atoms with Crippen molar-refractivity contribution in [2.75, 3.05) is 18.6 Å². The van der Waals surface area contributed by atoms with Crippen molar-refractivity contribution in [3.8, 4) is 11.8 Å². The highest BCUT2D eigenvalue weighted by atomic mass is 32.2. The van der Waals surface area contributed by atoms with Crippen molar-refractivity contribution < 1.29 is 8.42 Å². The molecule has 1 N–H and O–H groups in total. The average Bonchev–Trinajstić information content (AvgIpc) is 2.74. The summed E-state index contributed by atoms with van der Waals surface area (Å²) in [4.78, 5) is 12.1. The van der Waals surface area contributed by atoms with E-state index in [0.717, 1.165) is 15.9 Å². The number of aromatic nitrogens is 2. The van der Waals surface area contributed by atoms with Gasteiger partial charge in [-0.15, -0.1) is 0 Å². The molecule has 2 heterocycles. The fourth-order valence-corrected chi connectivity index (χ4v) is 3.92. The molecule has 2 rings (SSSR count). The Morgan fingerprint density at radius 1 is 1.46 bits per heavy atom. The van der Waals surface area contributed by atoms with Gasteiger partial charge in [-0.3, -0.25) is 4.99 Å². The Morgan fingerprint density at radius 2 is 2.21 bits per heavy atom. The first-order chi connectivity index (χ1) is 11.3. The second kappa shape index (κ2) is 7.69. The van der Waals surface area contributed by atoms with Crippen LogP contribution in [0, 0.1) is 11.8 Å². The molecule has 0 bridgehead atoms. The number of thioether (sulfide) groups is 1. The molecule has 126 valence electrons. The fourth-order valence-electron chi connectivity index (χ4n) is 2.05. The van der Waals surface area contributed by atoms with Crippen molar-refractivity contribution in [2.24, 2.45) is 4.99 Å². The lowest BCUT2D eigenvalue weighted by Crippen LogP contribution is -2.21. The predicted octanol–water partition coefficient (Wildman–Crippen LogP) is 1.05. The molecule has 1 aliphatic rings. The summed E-state index contributed by atoms with van der Waals surface area (Å²) in [6.07, 6.45) is 6.87. The highest BCUT2D eigenvalue weighted by Gasteiger charge is 2.18. The second-order valence-corrected chi connectivity index (χ2v) is 8.09. The van der Waals surface area contributed by atoms with Crippen molar-refractivity contribution in [1.29, 1.82) is 0 Å². The Hall–Kier alpha value is -2.04. The quantitative estimate of drug-likeness (QED) is 0.628. The number of aliphatic imine (C=N–C) groups is 1. The third-order valence-corrected chi connectivity index (χ3v) is 5.31. The van der Waals surface area contributed by atoms with Gasteiger partial charge in [0.2, 0.25) is 0 Å². The van der Waals surface area contributed by atoms with Gasteiger partial charge in [-0.25, -0.2) is 13.4 Å². The number of hydrogen-bond donors (Lipinski definition) is 1. The fraction of sp³-hybridized carbons (Fsp3) is 0.294. The molecule has 0 saturated heterocycles. The van der Waals surface area contributed by atoms with Crippen molar-refractivity contribution >= 4 is 40.0 Å². The minimum atomic E-state index is -3.36. The second-order valence-electron chi connectivity index (χ2n) is 5.18. The predicted molar refractivity (Wildman–Crippen MR) is 101 cm³/mol. The maximum Gasteiger partial charge on any atom is 0.183 e. The summed E-state index contributed by atoms with van der Waals surface area (Å²) in [5.41, 5.74) is 1.32. The first-order valence-electron chi connectivity index (χ1n) is 7.27. The number of aromatic amines is 1. The Bertz CT molecular complexity index is 1000. The topological polar surface area (TPSA) is 75.2 Å². The zero-order valence-corrected chi connectivity index (χ0v) is 15.5. The molecule has 0 unspecified atom stereocenters. The molecule has 5 nitrogen and oxygen atoms in total. The normalized spacial score (nSPS) is 16.1. The summed E-state index contributed by atoms with van der Waals surface area (Å²) in [5.74, 6) is 5.98. The molecular weight excluding hydrogens is 342 g/mol. The van der Waals surface area contributed by atoms with E-state index < -0.39 is 9.84 Å². The molecule has 1 aromatic rings. The van der Waals surface area contributed by atoms with Gasteiger partial charge in [-0.2, -0.15) is 0 Å².